The van der Waals surface area contributed by atoms with Crippen molar-refractivity contribution in [1.29, 1.82) is 0 Å². The Labute approximate surface area is 136 Å². The smallest absolute Gasteiger partial charge is 0.251 e. The number of H-pyrrole nitrogens is 1. The number of carbonyl (C=O) groups is 1. The van der Waals surface area contributed by atoms with Crippen LogP contribution in [0, 0.1) is 11.8 Å². The van der Waals surface area contributed by atoms with Crippen LogP contribution in [0.25, 0.3) is 11.0 Å². The van der Waals surface area contributed by atoms with Gasteiger partial charge in [-0.25, -0.2) is 0 Å². The van der Waals surface area contributed by atoms with Gasteiger partial charge in [0.05, 0.1) is 0 Å². The molecule has 23 heavy (non-hydrogen) atoms. The Kier molecular flexibility index (Phi) is 4.91. The quantitative estimate of drug-likeness (QED) is 0.828. The number of carbonyl (C=O) groups excluding carboxylic acids is 1. The number of rotatable bonds is 5. The first-order valence-electron chi connectivity index (χ1n) is 8.43. The van der Waals surface area contributed by atoms with Crippen LogP contribution in [-0.2, 0) is 0 Å². The molecule has 0 radical (unpaired) electrons. The Morgan fingerprint density at radius 1 is 1.26 bits per heavy atom. The molecule has 1 aromatic heterocycles. The largest absolute Gasteiger partial charge is 0.352 e. The highest BCUT2D eigenvalue weighted by molar-refractivity contribution is 5.97. The Morgan fingerprint density at radius 3 is 2.78 bits per heavy atom. The summed E-state index contributed by atoms with van der Waals surface area (Å²) in [6, 6.07) is 5.36. The van der Waals surface area contributed by atoms with E-state index in [1.54, 1.807) is 12.1 Å². The van der Waals surface area contributed by atoms with Crippen LogP contribution in [0.3, 0.4) is 0 Å². The monoisotopic (exact) mass is 315 g/mol. The Hall–Kier alpha value is -1.95. The molecule has 0 aliphatic carbocycles. The number of nitrogens with one attached hydrogen (secondary N) is 2. The summed E-state index contributed by atoms with van der Waals surface area (Å²) in [5, 5.41) is 13.6. The summed E-state index contributed by atoms with van der Waals surface area (Å²) in [5.41, 5.74) is 2.12. The van der Waals surface area contributed by atoms with Crippen LogP contribution in [-0.4, -0.2) is 52.4 Å². The zero-order chi connectivity index (χ0) is 16.2. The fraction of sp³-hybridized carbons (Fsp3) is 0.588. The summed E-state index contributed by atoms with van der Waals surface area (Å²) < 4.78 is 0. The second-order valence-corrected chi connectivity index (χ2v) is 6.84. The van der Waals surface area contributed by atoms with E-state index in [0.717, 1.165) is 30.3 Å². The molecule has 0 spiro atoms. The van der Waals surface area contributed by atoms with Gasteiger partial charge in [-0.05, 0) is 49.4 Å². The molecule has 1 saturated heterocycles. The number of hydrogen-bond donors (Lipinski definition) is 2. The molecule has 1 aliphatic heterocycles. The SMILES string of the molecule is CC1CC(C)CN(CCCNC(=O)c2ccc3n[nH]nc3c2)C1. The number of likely N-dealkylation sites (tertiary alicyclic amines) is 1. The van der Waals surface area contributed by atoms with Crippen molar-refractivity contribution < 1.29 is 4.79 Å². The Bertz CT molecular complexity index is 658. The minimum absolute atomic E-state index is 0.0460. The number of piperidine rings is 1. The van der Waals surface area contributed by atoms with Crippen LogP contribution in [0.4, 0.5) is 0 Å². The Balaban J connectivity index is 1.44. The van der Waals surface area contributed by atoms with E-state index in [9.17, 15) is 4.79 Å². The van der Waals surface area contributed by atoms with Gasteiger partial charge in [-0.1, -0.05) is 13.8 Å². The van der Waals surface area contributed by atoms with E-state index in [2.05, 4.69) is 39.5 Å². The molecule has 1 amide bonds. The number of aromatic nitrogens is 3. The van der Waals surface area contributed by atoms with Gasteiger partial charge in [0.2, 0.25) is 0 Å². The highest BCUT2D eigenvalue weighted by atomic mass is 16.1. The van der Waals surface area contributed by atoms with Crippen LogP contribution >= 0.6 is 0 Å². The minimum Gasteiger partial charge on any atom is -0.352 e. The maximum atomic E-state index is 12.2. The normalized spacial score (nSPS) is 22.3. The van der Waals surface area contributed by atoms with Crippen LogP contribution in [0.1, 0.15) is 37.0 Å². The summed E-state index contributed by atoms with van der Waals surface area (Å²) in [5.74, 6) is 1.51. The maximum absolute atomic E-state index is 12.2. The summed E-state index contributed by atoms with van der Waals surface area (Å²) in [4.78, 5) is 14.7. The van der Waals surface area contributed by atoms with E-state index >= 15 is 0 Å². The first kappa shape index (κ1) is 15.9. The fourth-order valence-corrected chi connectivity index (χ4v) is 3.56. The van der Waals surface area contributed by atoms with Crippen molar-refractivity contribution in [1.82, 2.24) is 25.6 Å². The van der Waals surface area contributed by atoms with Gasteiger partial charge >= 0.3 is 0 Å². The van der Waals surface area contributed by atoms with E-state index in [0.29, 0.717) is 17.6 Å². The van der Waals surface area contributed by atoms with Crippen molar-refractivity contribution in [2.24, 2.45) is 11.8 Å². The molecule has 2 N–H and O–H groups in total. The zero-order valence-electron chi connectivity index (χ0n) is 13.9. The number of amides is 1. The van der Waals surface area contributed by atoms with Gasteiger partial charge in [-0.15, -0.1) is 0 Å². The second-order valence-electron chi connectivity index (χ2n) is 6.84. The molecule has 3 rings (SSSR count). The van der Waals surface area contributed by atoms with Gasteiger partial charge in [-0.2, -0.15) is 15.4 Å². The molecule has 124 valence electrons. The summed E-state index contributed by atoms with van der Waals surface area (Å²) >= 11 is 0. The number of hydrogen-bond acceptors (Lipinski definition) is 4. The molecule has 1 aliphatic rings. The highest BCUT2D eigenvalue weighted by Gasteiger charge is 2.21. The molecule has 1 aromatic carbocycles. The molecule has 2 unspecified atom stereocenters. The summed E-state index contributed by atoms with van der Waals surface area (Å²) in [6.07, 6.45) is 2.31. The van der Waals surface area contributed by atoms with Gasteiger partial charge < -0.3 is 10.2 Å². The molecule has 6 nitrogen and oxygen atoms in total. The van der Waals surface area contributed by atoms with Crippen LogP contribution in [0.5, 0.6) is 0 Å². The van der Waals surface area contributed by atoms with Crippen molar-refractivity contribution in [3.05, 3.63) is 23.8 Å². The third-order valence-electron chi connectivity index (χ3n) is 4.46. The van der Waals surface area contributed by atoms with Gasteiger partial charge in [0.25, 0.3) is 5.91 Å². The topological polar surface area (TPSA) is 73.9 Å². The van der Waals surface area contributed by atoms with Crippen LogP contribution in [0.15, 0.2) is 18.2 Å². The maximum Gasteiger partial charge on any atom is 0.251 e. The van der Waals surface area contributed by atoms with Crippen LogP contribution < -0.4 is 5.32 Å². The lowest BCUT2D eigenvalue weighted by atomic mass is 9.92. The van der Waals surface area contributed by atoms with E-state index in [1.165, 1.54) is 19.5 Å². The van der Waals surface area contributed by atoms with Crippen molar-refractivity contribution in [2.45, 2.75) is 26.7 Å². The number of aromatic amines is 1. The van der Waals surface area contributed by atoms with Gasteiger partial charge in [0.1, 0.15) is 11.0 Å². The van der Waals surface area contributed by atoms with Crippen molar-refractivity contribution in [3.63, 3.8) is 0 Å². The third kappa shape index (κ3) is 4.07. The van der Waals surface area contributed by atoms with E-state index in [4.69, 9.17) is 0 Å². The average molecular weight is 315 g/mol. The predicted molar refractivity (Wildman–Crippen MR) is 90.2 cm³/mol. The van der Waals surface area contributed by atoms with Gasteiger partial charge in [-0.3, -0.25) is 4.79 Å². The van der Waals surface area contributed by atoms with Gasteiger partial charge in [0.15, 0.2) is 0 Å². The van der Waals surface area contributed by atoms with Crippen LogP contribution in [0.2, 0.25) is 0 Å². The van der Waals surface area contributed by atoms with Crippen molar-refractivity contribution in [3.8, 4) is 0 Å². The number of fused-ring (bicyclic) bond motifs is 1. The van der Waals surface area contributed by atoms with Gasteiger partial charge in [0, 0.05) is 25.2 Å². The number of benzene rings is 1. The van der Waals surface area contributed by atoms with E-state index < -0.39 is 0 Å². The predicted octanol–water partition coefficient (Wildman–Crippen LogP) is 2.06. The first-order chi connectivity index (χ1) is 11.1. The highest BCUT2D eigenvalue weighted by Crippen LogP contribution is 2.20. The summed E-state index contributed by atoms with van der Waals surface area (Å²) in [6.45, 7) is 8.77. The average Bonchev–Trinajstić information content (AvgIpc) is 2.98. The third-order valence-corrected chi connectivity index (χ3v) is 4.46. The van der Waals surface area contributed by atoms with Crippen molar-refractivity contribution >= 4 is 16.9 Å². The van der Waals surface area contributed by atoms with Crippen molar-refractivity contribution in [2.75, 3.05) is 26.2 Å². The fourth-order valence-electron chi connectivity index (χ4n) is 3.56. The standard InChI is InChI=1S/C17H25N5O/c1-12-8-13(2)11-22(10-12)7-3-6-18-17(23)14-4-5-15-16(9-14)20-21-19-15/h4-5,9,12-13H,3,6-8,10-11H2,1-2H3,(H,18,23)(H,19,20,21). The number of nitrogens with zero attached hydrogens (tertiary/aromatic N) is 3. The lowest BCUT2D eigenvalue weighted by Crippen LogP contribution is -2.40. The molecular formula is C17H25N5O. The first-order valence-corrected chi connectivity index (χ1v) is 8.43. The Morgan fingerprint density at radius 2 is 2.00 bits per heavy atom. The lowest BCUT2D eigenvalue weighted by molar-refractivity contribution is 0.0947. The molecule has 1 fully saturated rings. The molecular weight excluding hydrogens is 290 g/mol. The van der Waals surface area contributed by atoms with E-state index in [1.807, 2.05) is 6.07 Å². The molecule has 0 bridgehead atoms. The molecule has 2 heterocycles. The zero-order valence-corrected chi connectivity index (χ0v) is 13.9. The summed E-state index contributed by atoms with van der Waals surface area (Å²) in [7, 11) is 0. The molecule has 2 aromatic rings. The molecule has 2 atom stereocenters. The van der Waals surface area contributed by atoms with E-state index in [-0.39, 0.29) is 5.91 Å². The minimum atomic E-state index is -0.0460. The lowest BCUT2D eigenvalue weighted by Gasteiger charge is -2.34. The molecule has 6 heteroatoms. The molecule has 0 saturated carbocycles. The second kappa shape index (κ2) is 7.08.